The number of carbonyl (C=O) groups is 2. The number of likely N-dealkylation sites (tertiary alicyclic amines) is 1. The van der Waals surface area contributed by atoms with Gasteiger partial charge in [-0.3, -0.25) is 9.78 Å². The number of thiazole rings is 1. The number of carbonyl (C=O) groups excluding carboxylic acids is 2. The summed E-state index contributed by atoms with van der Waals surface area (Å²) >= 11 is 1.48. The molecule has 1 aliphatic rings. The van der Waals surface area contributed by atoms with Crippen LogP contribution in [0.5, 0.6) is 0 Å². The Morgan fingerprint density at radius 2 is 2.11 bits per heavy atom. The summed E-state index contributed by atoms with van der Waals surface area (Å²) in [5, 5.41) is 5.59. The molecule has 1 fully saturated rings. The van der Waals surface area contributed by atoms with Crippen LogP contribution in [0.1, 0.15) is 33.4 Å². The molecule has 0 bridgehead atoms. The summed E-state index contributed by atoms with van der Waals surface area (Å²) < 4.78 is 5.32. The summed E-state index contributed by atoms with van der Waals surface area (Å²) in [6.07, 6.45) is 1.53. The number of nitrogens with zero attached hydrogens (tertiary/aromatic N) is 3. The number of aromatic nitrogens is 2. The van der Waals surface area contributed by atoms with Gasteiger partial charge in [0.1, 0.15) is 10.6 Å². The van der Waals surface area contributed by atoms with Crippen LogP contribution in [-0.2, 0) is 16.0 Å². The molecule has 0 radical (unpaired) electrons. The molecular weight excluding hydrogens is 376 g/mol. The minimum absolute atomic E-state index is 0.0122. The fourth-order valence-corrected chi connectivity index (χ4v) is 3.87. The number of nitrogens with one attached hydrogen (secondary N) is 1. The molecule has 2 aromatic heterocycles. The lowest BCUT2D eigenvalue weighted by atomic mass is 10.1. The Morgan fingerprint density at radius 1 is 1.32 bits per heavy atom. The highest BCUT2D eigenvalue weighted by molar-refractivity contribution is 7.13. The van der Waals surface area contributed by atoms with Crippen LogP contribution in [0.15, 0.2) is 29.8 Å². The molecule has 7 nitrogen and oxygen atoms in total. The molecule has 1 saturated heterocycles. The first-order chi connectivity index (χ1) is 13.2. The first-order valence-electron chi connectivity index (χ1n) is 9.34. The van der Waals surface area contributed by atoms with Crippen molar-refractivity contribution < 1.29 is 14.3 Å². The van der Waals surface area contributed by atoms with E-state index in [1.165, 1.54) is 11.3 Å². The lowest BCUT2D eigenvalue weighted by Crippen LogP contribution is -2.43. The van der Waals surface area contributed by atoms with E-state index in [4.69, 9.17) is 4.74 Å². The second-order valence-electron chi connectivity index (χ2n) is 8.06. The number of rotatable bonds is 4. The molecule has 3 heterocycles. The van der Waals surface area contributed by atoms with E-state index in [1.54, 1.807) is 11.1 Å². The zero-order valence-electron chi connectivity index (χ0n) is 16.6. The molecule has 0 aromatic carbocycles. The first-order valence-corrected chi connectivity index (χ1v) is 10.2. The van der Waals surface area contributed by atoms with Crippen molar-refractivity contribution in [3.63, 3.8) is 0 Å². The number of hydrogen-bond acceptors (Lipinski definition) is 6. The van der Waals surface area contributed by atoms with Gasteiger partial charge >= 0.3 is 6.09 Å². The van der Waals surface area contributed by atoms with Crippen LogP contribution in [-0.4, -0.2) is 51.6 Å². The van der Waals surface area contributed by atoms with Gasteiger partial charge in [-0.2, -0.15) is 0 Å². The second-order valence-corrected chi connectivity index (χ2v) is 8.92. The average molecular weight is 403 g/mol. The van der Waals surface area contributed by atoms with Gasteiger partial charge in [-0.15, -0.1) is 11.3 Å². The molecule has 150 valence electrons. The molecule has 0 saturated carbocycles. The minimum Gasteiger partial charge on any atom is -0.444 e. The highest BCUT2D eigenvalue weighted by Crippen LogP contribution is 2.23. The highest BCUT2D eigenvalue weighted by atomic mass is 32.1. The lowest BCUT2D eigenvalue weighted by molar-refractivity contribution is -0.129. The van der Waals surface area contributed by atoms with Crippen LogP contribution < -0.4 is 5.32 Å². The topological polar surface area (TPSA) is 84.4 Å². The highest BCUT2D eigenvalue weighted by Gasteiger charge is 2.34. The van der Waals surface area contributed by atoms with Crippen LogP contribution in [0.4, 0.5) is 4.79 Å². The van der Waals surface area contributed by atoms with E-state index in [1.807, 2.05) is 51.3 Å². The van der Waals surface area contributed by atoms with E-state index >= 15 is 0 Å². The Hall–Kier alpha value is -2.48. The predicted molar refractivity (Wildman–Crippen MR) is 108 cm³/mol. The lowest BCUT2D eigenvalue weighted by Gasteiger charge is -2.23. The van der Waals surface area contributed by atoms with E-state index in [2.05, 4.69) is 15.3 Å². The third kappa shape index (κ3) is 5.28. The number of pyridine rings is 1. The Labute approximate surface area is 169 Å². The number of amides is 2. The molecular formula is C20H26N4O3S. The number of alkyl carbamates (subject to hydrolysis) is 1. The number of ether oxygens (including phenoxy) is 1. The largest absolute Gasteiger partial charge is 0.444 e. The average Bonchev–Trinajstić information content (AvgIpc) is 3.21. The van der Waals surface area contributed by atoms with Crippen molar-refractivity contribution in [2.75, 3.05) is 13.1 Å². The summed E-state index contributed by atoms with van der Waals surface area (Å²) in [6, 6.07) is 5.56. The zero-order valence-corrected chi connectivity index (χ0v) is 17.5. The Balaban J connectivity index is 1.56. The fourth-order valence-electron chi connectivity index (χ4n) is 3.08. The third-order valence-corrected chi connectivity index (χ3v) is 5.35. The Bertz CT molecular complexity index is 831. The summed E-state index contributed by atoms with van der Waals surface area (Å²) in [5.41, 5.74) is 1.01. The number of hydrogen-bond donors (Lipinski definition) is 1. The summed E-state index contributed by atoms with van der Waals surface area (Å²) in [5.74, 6) is 0.175. The summed E-state index contributed by atoms with van der Waals surface area (Å²) in [7, 11) is 0. The normalized spacial score (nSPS) is 19.5. The first kappa shape index (κ1) is 20.3. The molecule has 2 atom stereocenters. The van der Waals surface area contributed by atoms with E-state index in [0.717, 1.165) is 16.4 Å². The van der Waals surface area contributed by atoms with Gasteiger partial charge in [-0.25, -0.2) is 9.78 Å². The van der Waals surface area contributed by atoms with Crippen LogP contribution in [0, 0.1) is 5.92 Å². The van der Waals surface area contributed by atoms with Crippen LogP contribution in [0.3, 0.4) is 0 Å². The molecule has 1 aliphatic heterocycles. The Morgan fingerprint density at radius 3 is 2.79 bits per heavy atom. The van der Waals surface area contributed by atoms with Crippen LogP contribution in [0.25, 0.3) is 10.7 Å². The van der Waals surface area contributed by atoms with Gasteiger partial charge in [0.15, 0.2) is 0 Å². The van der Waals surface area contributed by atoms with E-state index in [0.29, 0.717) is 13.1 Å². The van der Waals surface area contributed by atoms with Gasteiger partial charge in [-0.05, 0) is 38.8 Å². The molecule has 8 heteroatoms. The SMILES string of the molecule is CC1CN(C(=O)Cc2csc(-c3ccccn3)n2)CC1NC(=O)OC(C)(C)C. The minimum atomic E-state index is -0.544. The maximum atomic E-state index is 12.7. The van der Waals surface area contributed by atoms with Crippen LogP contribution in [0.2, 0.25) is 0 Å². The standard InChI is InChI=1S/C20H26N4O3S/c1-13-10-24(11-16(13)23-19(26)27-20(2,3)4)17(25)9-14-12-28-18(22-14)15-7-5-6-8-21-15/h5-8,12-13,16H,9-11H2,1-4H3,(H,23,26). The van der Waals surface area contributed by atoms with Gasteiger partial charge < -0.3 is 15.0 Å². The van der Waals surface area contributed by atoms with Crippen molar-refractivity contribution in [2.45, 2.75) is 45.8 Å². The van der Waals surface area contributed by atoms with Crippen molar-refractivity contribution in [3.8, 4) is 10.7 Å². The Kier molecular flexibility index (Phi) is 5.98. The van der Waals surface area contributed by atoms with Crippen LogP contribution >= 0.6 is 11.3 Å². The van der Waals surface area contributed by atoms with Gasteiger partial charge in [-0.1, -0.05) is 13.0 Å². The van der Waals surface area contributed by atoms with Crippen molar-refractivity contribution in [2.24, 2.45) is 5.92 Å². The molecule has 0 spiro atoms. The molecule has 1 N–H and O–H groups in total. The fraction of sp³-hybridized carbons (Fsp3) is 0.500. The van der Waals surface area contributed by atoms with Crippen molar-refractivity contribution in [1.29, 1.82) is 0 Å². The van der Waals surface area contributed by atoms with Crippen molar-refractivity contribution in [3.05, 3.63) is 35.5 Å². The van der Waals surface area contributed by atoms with E-state index in [-0.39, 0.29) is 24.3 Å². The van der Waals surface area contributed by atoms with Crippen molar-refractivity contribution >= 4 is 23.3 Å². The third-order valence-electron chi connectivity index (χ3n) is 4.44. The van der Waals surface area contributed by atoms with E-state index in [9.17, 15) is 9.59 Å². The molecule has 28 heavy (non-hydrogen) atoms. The molecule has 2 amide bonds. The van der Waals surface area contributed by atoms with Gasteiger partial charge in [0.25, 0.3) is 0 Å². The van der Waals surface area contributed by atoms with E-state index < -0.39 is 11.7 Å². The maximum absolute atomic E-state index is 12.7. The van der Waals surface area contributed by atoms with Crippen molar-refractivity contribution in [1.82, 2.24) is 20.2 Å². The van der Waals surface area contributed by atoms with Gasteiger partial charge in [0.2, 0.25) is 5.91 Å². The zero-order chi connectivity index (χ0) is 20.3. The smallest absolute Gasteiger partial charge is 0.407 e. The summed E-state index contributed by atoms with van der Waals surface area (Å²) in [4.78, 5) is 35.3. The maximum Gasteiger partial charge on any atom is 0.407 e. The van der Waals surface area contributed by atoms with Gasteiger partial charge in [0, 0.05) is 24.7 Å². The molecule has 2 aromatic rings. The molecule has 3 rings (SSSR count). The summed E-state index contributed by atoms with van der Waals surface area (Å²) in [6.45, 7) is 8.60. The van der Waals surface area contributed by atoms with Gasteiger partial charge in [0.05, 0.1) is 23.9 Å². The molecule has 2 unspecified atom stereocenters. The molecule has 0 aliphatic carbocycles. The quantitative estimate of drug-likeness (QED) is 0.849. The monoisotopic (exact) mass is 402 g/mol. The predicted octanol–water partition coefficient (Wildman–Crippen LogP) is 3.12. The second kappa shape index (κ2) is 8.26.